The van der Waals surface area contributed by atoms with Gasteiger partial charge in [-0.3, -0.25) is 0 Å². The Morgan fingerprint density at radius 3 is 2.67 bits per heavy atom. The van der Waals surface area contributed by atoms with Gasteiger partial charge in [-0.15, -0.1) is 0 Å². The van der Waals surface area contributed by atoms with Crippen molar-refractivity contribution in [1.29, 1.82) is 0 Å². The van der Waals surface area contributed by atoms with Crippen molar-refractivity contribution in [2.24, 2.45) is 0 Å². The smallest absolute Gasteiger partial charge is 0.128 e. The van der Waals surface area contributed by atoms with E-state index < -0.39 is 0 Å². The topological polar surface area (TPSA) is 12.0 Å². The van der Waals surface area contributed by atoms with E-state index in [4.69, 9.17) is 0 Å². The summed E-state index contributed by atoms with van der Waals surface area (Å²) in [4.78, 5) is 0. The van der Waals surface area contributed by atoms with Gasteiger partial charge in [-0.25, -0.2) is 8.78 Å². The normalized spacial score (nSPS) is 22.0. The Kier molecular flexibility index (Phi) is 1.81. The van der Waals surface area contributed by atoms with Crippen molar-refractivity contribution >= 4 is 0 Å². The van der Waals surface area contributed by atoms with Crippen LogP contribution in [-0.2, 0) is 0 Å². The molecule has 12 heavy (non-hydrogen) atoms. The maximum absolute atomic E-state index is 13.0. The van der Waals surface area contributed by atoms with E-state index >= 15 is 0 Å². The Labute approximate surface area is 69.4 Å². The largest absolute Gasteiger partial charge is 0.310 e. The molecule has 1 atom stereocenters. The first kappa shape index (κ1) is 7.68. The summed E-state index contributed by atoms with van der Waals surface area (Å²) in [6, 6.07) is 3.58. The minimum absolute atomic E-state index is 0.0145. The molecule has 1 nitrogen and oxygen atoms in total. The van der Waals surface area contributed by atoms with Gasteiger partial charge in [0.05, 0.1) is 0 Å². The molecule has 1 fully saturated rings. The van der Waals surface area contributed by atoms with Crippen molar-refractivity contribution in [1.82, 2.24) is 5.32 Å². The van der Waals surface area contributed by atoms with Gasteiger partial charge in [-0.05, 0) is 31.2 Å². The van der Waals surface area contributed by atoms with Gasteiger partial charge in [0.15, 0.2) is 0 Å². The number of hydrogen-bond donors (Lipinski definition) is 1. The Balaban J connectivity index is 2.34. The summed E-state index contributed by atoms with van der Waals surface area (Å²) < 4.78 is 25.7. The van der Waals surface area contributed by atoms with Crippen LogP contribution in [0.2, 0.25) is 0 Å². The van der Waals surface area contributed by atoms with Gasteiger partial charge in [0.2, 0.25) is 0 Å². The van der Waals surface area contributed by atoms with Crippen LogP contribution in [-0.4, -0.2) is 6.54 Å². The van der Waals surface area contributed by atoms with Crippen LogP contribution in [0.1, 0.15) is 18.0 Å². The molecule has 0 radical (unpaired) electrons. The first-order valence-corrected chi connectivity index (χ1v) is 3.96. The monoisotopic (exact) mass is 169 g/mol. The van der Waals surface area contributed by atoms with Crippen LogP contribution in [0.3, 0.4) is 0 Å². The minimum atomic E-state index is -0.375. The molecule has 0 aliphatic carbocycles. The second kappa shape index (κ2) is 2.83. The van der Waals surface area contributed by atoms with Gasteiger partial charge >= 0.3 is 0 Å². The van der Waals surface area contributed by atoms with E-state index in [0.29, 0.717) is 5.56 Å². The van der Waals surface area contributed by atoms with Gasteiger partial charge < -0.3 is 5.32 Å². The fourth-order valence-corrected chi connectivity index (χ4v) is 1.34. The van der Waals surface area contributed by atoms with Gasteiger partial charge in [0.1, 0.15) is 11.6 Å². The molecule has 0 bridgehead atoms. The number of halogens is 2. The van der Waals surface area contributed by atoms with E-state index in [1.807, 2.05) is 0 Å². The van der Waals surface area contributed by atoms with Crippen molar-refractivity contribution in [3.05, 3.63) is 35.4 Å². The van der Waals surface area contributed by atoms with Crippen molar-refractivity contribution < 1.29 is 8.78 Å². The average molecular weight is 169 g/mol. The van der Waals surface area contributed by atoms with Crippen LogP contribution in [0.25, 0.3) is 0 Å². The van der Waals surface area contributed by atoms with Gasteiger partial charge in [0, 0.05) is 11.6 Å². The predicted octanol–water partition coefficient (Wildman–Crippen LogP) is 2.00. The summed E-state index contributed by atoms with van der Waals surface area (Å²) in [6.07, 6.45) is 0.889. The molecule has 0 amide bonds. The number of benzene rings is 1. The molecule has 0 unspecified atom stereocenters. The predicted molar refractivity (Wildman–Crippen MR) is 41.7 cm³/mol. The molecule has 1 aliphatic heterocycles. The zero-order chi connectivity index (χ0) is 8.55. The summed E-state index contributed by atoms with van der Waals surface area (Å²) in [7, 11) is 0. The van der Waals surface area contributed by atoms with Gasteiger partial charge in [-0.2, -0.15) is 0 Å². The molecule has 1 aromatic rings. The molecule has 1 N–H and O–H groups in total. The van der Waals surface area contributed by atoms with Crippen LogP contribution in [0.5, 0.6) is 0 Å². The van der Waals surface area contributed by atoms with E-state index in [0.717, 1.165) is 19.0 Å². The lowest BCUT2D eigenvalue weighted by Gasteiger charge is -2.28. The Bertz CT molecular complexity index is 295. The molecule has 2 rings (SSSR count). The molecule has 1 saturated heterocycles. The van der Waals surface area contributed by atoms with Crippen LogP contribution in [0, 0.1) is 11.6 Å². The van der Waals surface area contributed by atoms with Crippen LogP contribution in [0.4, 0.5) is 8.78 Å². The SMILES string of the molecule is Fc1ccc(F)c([C@@H]2CCN2)c1. The standard InChI is InChI=1S/C9H9F2N/c10-6-1-2-8(11)7(5-6)9-3-4-12-9/h1-2,5,9,12H,3-4H2/t9-/m0/s1. The fourth-order valence-electron chi connectivity index (χ4n) is 1.34. The number of rotatable bonds is 1. The van der Waals surface area contributed by atoms with Gasteiger partial charge in [-0.1, -0.05) is 0 Å². The molecular weight excluding hydrogens is 160 g/mol. The third-order valence-corrected chi connectivity index (χ3v) is 2.16. The minimum Gasteiger partial charge on any atom is -0.310 e. The zero-order valence-electron chi connectivity index (χ0n) is 6.48. The molecule has 0 saturated carbocycles. The molecule has 64 valence electrons. The van der Waals surface area contributed by atoms with Gasteiger partial charge in [0.25, 0.3) is 0 Å². The summed E-state index contributed by atoms with van der Waals surface area (Å²) in [6.45, 7) is 0.890. The fraction of sp³-hybridized carbons (Fsp3) is 0.333. The third-order valence-electron chi connectivity index (χ3n) is 2.16. The zero-order valence-corrected chi connectivity index (χ0v) is 6.48. The molecule has 0 aromatic heterocycles. The first-order valence-electron chi connectivity index (χ1n) is 3.96. The maximum atomic E-state index is 13.0. The highest BCUT2D eigenvalue weighted by atomic mass is 19.1. The Hall–Kier alpha value is -0.960. The summed E-state index contributed by atoms with van der Waals surface area (Å²) in [5.74, 6) is -0.700. The average Bonchev–Trinajstić information content (AvgIpc) is 1.93. The second-order valence-corrected chi connectivity index (χ2v) is 2.96. The van der Waals surface area contributed by atoms with Crippen LogP contribution < -0.4 is 5.32 Å². The maximum Gasteiger partial charge on any atom is 0.128 e. The van der Waals surface area contributed by atoms with Crippen LogP contribution >= 0.6 is 0 Å². The van der Waals surface area contributed by atoms with E-state index in [-0.39, 0.29) is 17.7 Å². The number of hydrogen-bond acceptors (Lipinski definition) is 1. The first-order chi connectivity index (χ1) is 5.77. The lowest BCUT2D eigenvalue weighted by molar-refractivity contribution is 0.368. The molecule has 1 aromatic carbocycles. The van der Waals surface area contributed by atoms with Crippen molar-refractivity contribution in [3.63, 3.8) is 0 Å². The molecule has 0 spiro atoms. The molecular formula is C9H9F2N. The Morgan fingerprint density at radius 1 is 1.33 bits per heavy atom. The molecule has 3 heteroatoms. The summed E-state index contributed by atoms with van der Waals surface area (Å²) in [5, 5.41) is 3.02. The quantitative estimate of drug-likeness (QED) is 0.678. The third kappa shape index (κ3) is 1.20. The van der Waals surface area contributed by atoms with Crippen molar-refractivity contribution in [2.75, 3.05) is 6.54 Å². The highest BCUT2D eigenvalue weighted by molar-refractivity contribution is 5.23. The van der Waals surface area contributed by atoms with Crippen molar-refractivity contribution in [3.8, 4) is 0 Å². The van der Waals surface area contributed by atoms with E-state index in [1.54, 1.807) is 0 Å². The van der Waals surface area contributed by atoms with E-state index in [2.05, 4.69) is 5.32 Å². The van der Waals surface area contributed by atoms with Crippen molar-refractivity contribution in [2.45, 2.75) is 12.5 Å². The molecule has 1 heterocycles. The summed E-state index contributed by atoms with van der Waals surface area (Å²) in [5.41, 5.74) is 0.446. The highest BCUT2D eigenvalue weighted by Gasteiger charge is 2.21. The Morgan fingerprint density at radius 2 is 2.08 bits per heavy atom. The lowest BCUT2D eigenvalue weighted by atomic mass is 9.97. The lowest BCUT2D eigenvalue weighted by Crippen LogP contribution is -2.35. The van der Waals surface area contributed by atoms with E-state index in [1.165, 1.54) is 12.1 Å². The van der Waals surface area contributed by atoms with E-state index in [9.17, 15) is 8.78 Å². The number of nitrogens with one attached hydrogen (secondary N) is 1. The highest BCUT2D eigenvalue weighted by Crippen LogP contribution is 2.25. The summed E-state index contributed by atoms with van der Waals surface area (Å²) >= 11 is 0. The van der Waals surface area contributed by atoms with Crippen LogP contribution in [0.15, 0.2) is 18.2 Å². The second-order valence-electron chi connectivity index (χ2n) is 2.96. The molecule has 1 aliphatic rings.